The van der Waals surface area contributed by atoms with E-state index in [4.69, 9.17) is 16.6 Å². The molecule has 0 aliphatic carbocycles. The molecule has 0 spiro atoms. The fourth-order valence-corrected chi connectivity index (χ4v) is 5.31. The summed E-state index contributed by atoms with van der Waals surface area (Å²) in [5, 5.41) is 16.0. The zero-order valence-electron chi connectivity index (χ0n) is 21.8. The lowest BCUT2D eigenvalue weighted by molar-refractivity contribution is 0.135. The molecule has 0 radical (unpaired) electrons. The number of carbonyl (C=O) groups is 1. The largest absolute Gasteiger partial charge is 0.338 e. The summed E-state index contributed by atoms with van der Waals surface area (Å²) < 4.78 is 0. The smallest absolute Gasteiger partial charge is 0.322 e. The normalized spacial score (nSPS) is 18.1. The number of nitrogens with one attached hydrogen (secondary N) is 2. The van der Waals surface area contributed by atoms with Gasteiger partial charge in [-0.2, -0.15) is 5.26 Å². The molecule has 2 aliphatic heterocycles. The Balaban J connectivity index is 1.39. The molecule has 2 heterocycles. The molecule has 2 aliphatic rings. The van der Waals surface area contributed by atoms with Gasteiger partial charge in [0, 0.05) is 36.9 Å². The molecule has 2 N–H and O–H groups in total. The Bertz CT molecular complexity index is 1330. The average molecular weight is 542 g/mol. The Morgan fingerprint density at radius 1 is 0.949 bits per heavy atom. The molecular weight excluding hydrogens is 510 g/mol. The van der Waals surface area contributed by atoms with Crippen LogP contribution in [0, 0.1) is 11.5 Å². The number of amides is 2. The summed E-state index contributed by atoms with van der Waals surface area (Å²) in [6, 6.07) is 24.7. The second kappa shape index (κ2) is 12.7. The fourth-order valence-electron chi connectivity index (χ4n) is 5.18. The number of carbonyl (C=O) groups excluding carboxylic acids is 1. The van der Waals surface area contributed by atoms with Gasteiger partial charge in [0.25, 0.3) is 0 Å². The molecule has 1 unspecified atom stereocenters. The molecular formula is C30H32ClN7O. The number of hydrogen-bond acceptors (Lipinski definition) is 4. The van der Waals surface area contributed by atoms with E-state index in [-0.39, 0.29) is 12.1 Å². The molecule has 39 heavy (non-hydrogen) atoms. The maximum atomic E-state index is 13.4. The van der Waals surface area contributed by atoms with Crippen molar-refractivity contribution in [2.24, 2.45) is 4.99 Å². The first-order chi connectivity index (χ1) is 19.1. The Morgan fingerprint density at radius 2 is 1.67 bits per heavy atom. The highest BCUT2D eigenvalue weighted by Gasteiger charge is 2.33. The molecule has 2 amide bonds. The summed E-state index contributed by atoms with van der Waals surface area (Å²) in [5.74, 6) is 0.491. The van der Waals surface area contributed by atoms with Crippen LogP contribution in [-0.2, 0) is 6.54 Å². The van der Waals surface area contributed by atoms with Gasteiger partial charge in [0.2, 0.25) is 5.96 Å². The Hall–Kier alpha value is -4.06. The van der Waals surface area contributed by atoms with Crippen LogP contribution in [0.1, 0.15) is 30.0 Å². The van der Waals surface area contributed by atoms with Crippen molar-refractivity contribution in [3.63, 3.8) is 0 Å². The summed E-state index contributed by atoms with van der Waals surface area (Å²) in [6.45, 7) is 4.50. The van der Waals surface area contributed by atoms with E-state index in [0.29, 0.717) is 36.3 Å². The second-order valence-electron chi connectivity index (χ2n) is 9.79. The Morgan fingerprint density at radius 3 is 2.41 bits per heavy atom. The number of anilines is 1. The molecule has 3 aromatic carbocycles. The zero-order chi connectivity index (χ0) is 27.0. The van der Waals surface area contributed by atoms with Gasteiger partial charge in [0.1, 0.15) is 0 Å². The van der Waals surface area contributed by atoms with Crippen LogP contribution in [0.2, 0.25) is 5.02 Å². The number of hydrogen-bond donors (Lipinski definition) is 2. The van der Waals surface area contributed by atoms with Gasteiger partial charge >= 0.3 is 6.03 Å². The lowest BCUT2D eigenvalue weighted by atomic mass is 10.0. The molecule has 200 valence electrons. The minimum absolute atomic E-state index is 0.187. The highest BCUT2D eigenvalue weighted by atomic mass is 35.5. The Kier molecular flexibility index (Phi) is 8.61. The molecule has 5 rings (SSSR count). The number of nitriles is 1. The molecule has 9 heteroatoms. The van der Waals surface area contributed by atoms with Gasteiger partial charge in [-0.15, -0.1) is 0 Å². The summed E-state index contributed by atoms with van der Waals surface area (Å²) in [6.07, 6.45) is 4.52. The molecule has 2 fully saturated rings. The van der Waals surface area contributed by atoms with Crippen molar-refractivity contribution in [2.45, 2.75) is 25.4 Å². The van der Waals surface area contributed by atoms with E-state index in [9.17, 15) is 10.1 Å². The van der Waals surface area contributed by atoms with Crippen LogP contribution in [0.25, 0.3) is 0 Å². The molecule has 0 bridgehead atoms. The van der Waals surface area contributed by atoms with Gasteiger partial charge in [-0.3, -0.25) is 10.2 Å². The number of likely N-dealkylation sites (tertiary alicyclic amines) is 1. The highest BCUT2D eigenvalue weighted by molar-refractivity contribution is 6.30. The zero-order valence-corrected chi connectivity index (χ0v) is 22.5. The van der Waals surface area contributed by atoms with Gasteiger partial charge in [-0.25, -0.2) is 9.79 Å². The number of para-hydroxylation sites is 1. The number of benzene rings is 3. The lowest BCUT2D eigenvalue weighted by Crippen LogP contribution is -2.55. The van der Waals surface area contributed by atoms with Gasteiger partial charge in [-0.1, -0.05) is 60.1 Å². The van der Waals surface area contributed by atoms with Crippen LogP contribution in [0.15, 0.2) is 83.9 Å². The van der Waals surface area contributed by atoms with Crippen LogP contribution in [-0.4, -0.2) is 59.4 Å². The topological polar surface area (TPSA) is 87.0 Å². The molecule has 1 atom stereocenters. The first-order valence-corrected chi connectivity index (χ1v) is 13.7. The van der Waals surface area contributed by atoms with E-state index in [1.54, 1.807) is 24.3 Å². The number of nitrogens with zero attached hydrogens (tertiary/aromatic N) is 5. The summed E-state index contributed by atoms with van der Waals surface area (Å²) in [7, 11) is 0. The average Bonchev–Trinajstić information content (AvgIpc) is 3.48. The third-order valence-corrected chi connectivity index (χ3v) is 7.45. The first-order valence-electron chi connectivity index (χ1n) is 13.3. The van der Waals surface area contributed by atoms with Crippen LogP contribution in [0.4, 0.5) is 16.2 Å². The lowest BCUT2D eigenvalue weighted by Gasteiger charge is -2.42. The summed E-state index contributed by atoms with van der Waals surface area (Å²) in [4.78, 5) is 24.7. The van der Waals surface area contributed by atoms with Gasteiger partial charge in [-0.05, 0) is 67.4 Å². The standard InChI is InChI=1S/C30H32ClN7O/c31-25-12-14-26(15-13-25)34-30(39)38-19-18-37(21-28(38)23-8-2-1-3-9-23)29(33-22-32)35-27-11-5-4-10-24(27)20-36-16-6-7-17-36/h1-5,8-15,28H,6-7,16-21H2,(H,33,35)(H,34,39). The van der Waals surface area contributed by atoms with Crippen molar-refractivity contribution in [2.75, 3.05) is 38.0 Å². The molecule has 0 aromatic heterocycles. The van der Waals surface area contributed by atoms with E-state index >= 15 is 0 Å². The van der Waals surface area contributed by atoms with Gasteiger partial charge < -0.3 is 15.1 Å². The van der Waals surface area contributed by atoms with Crippen molar-refractivity contribution in [3.05, 3.63) is 95.0 Å². The number of rotatable bonds is 5. The van der Waals surface area contributed by atoms with Crippen LogP contribution >= 0.6 is 11.6 Å². The predicted octanol–water partition coefficient (Wildman–Crippen LogP) is 5.58. The second-order valence-corrected chi connectivity index (χ2v) is 10.2. The van der Waals surface area contributed by atoms with E-state index in [2.05, 4.69) is 32.7 Å². The maximum Gasteiger partial charge on any atom is 0.322 e. The SMILES string of the molecule is N#CNC(=Nc1ccccc1CN1CCCC1)N1CCN(C(=O)Nc2ccc(Cl)cc2)C(c2ccccc2)C1. The van der Waals surface area contributed by atoms with E-state index in [1.165, 1.54) is 12.8 Å². The molecule has 8 nitrogen and oxygen atoms in total. The number of urea groups is 1. The third-order valence-electron chi connectivity index (χ3n) is 7.20. The monoisotopic (exact) mass is 541 g/mol. The fraction of sp³-hybridized carbons (Fsp3) is 0.300. The maximum absolute atomic E-state index is 13.4. The third kappa shape index (κ3) is 6.69. The van der Waals surface area contributed by atoms with Crippen LogP contribution < -0.4 is 10.6 Å². The van der Waals surface area contributed by atoms with E-state index in [0.717, 1.165) is 36.4 Å². The van der Waals surface area contributed by atoms with Crippen molar-refractivity contribution in [1.29, 1.82) is 5.26 Å². The van der Waals surface area contributed by atoms with Crippen LogP contribution in [0.5, 0.6) is 0 Å². The summed E-state index contributed by atoms with van der Waals surface area (Å²) in [5.41, 5.74) is 3.68. The van der Waals surface area contributed by atoms with Gasteiger partial charge in [0.05, 0.1) is 11.7 Å². The van der Waals surface area contributed by atoms with E-state index in [1.807, 2.05) is 53.4 Å². The van der Waals surface area contributed by atoms with Gasteiger partial charge in [0.15, 0.2) is 6.19 Å². The van der Waals surface area contributed by atoms with Crippen molar-refractivity contribution in [3.8, 4) is 6.19 Å². The number of halogens is 1. The number of guanidine groups is 1. The molecule has 3 aromatic rings. The predicted molar refractivity (Wildman–Crippen MR) is 155 cm³/mol. The van der Waals surface area contributed by atoms with Crippen molar-refractivity contribution < 1.29 is 4.79 Å². The number of piperazine rings is 1. The van der Waals surface area contributed by atoms with Crippen molar-refractivity contribution >= 4 is 35.0 Å². The molecule has 0 saturated carbocycles. The number of aliphatic imine (C=N–C) groups is 1. The first kappa shape index (κ1) is 26.5. The minimum atomic E-state index is -0.238. The summed E-state index contributed by atoms with van der Waals surface area (Å²) >= 11 is 6.01. The minimum Gasteiger partial charge on any atom is -0.338 e. The van der Waals surface area contributed by atoms with Crippen LogP contribution in [0.3, 0.4) is 0 Å². The quantitative estimate of drug-likeness (QED) is 0.190. The highest BCUT2D eigenvalue weighted by Crippen LogP contribution is 2.28. The van der Waals surface area contributed by atoms with E-state index < -0.39 is 0 Å². The molecule has 2 saturated heterocycles. The van der Waals surface area contributed by atoms with Crippen molar-refractivity contribution in [1.82, 2.24) is 20.0 Å². The Labute approximate surface area is 234 Å².